The molecule has 4 aromatic rings. The first-order valence-electron chi connectivity index (χ1n) is 9.44. The third kappa shape index (κ3) is 3.88. The molecule has 1 atom stereocenters. The number of carbonyl (C=O) groups is 1. The summed E-state index contributed by atoms with van der Waals surface area (Å²) in [5.74, 6) is 0.721. The summed E-state index contributed by atoms with van der Waals surface area (Å²) in [5, 5.41) is 12.1. The van der Waals surface area contributed by atoms with Gasteiger partial charge in [0, 0.05) is 24.8 Å². The monoisotopic (exact) mass is 406 g/mol. The topological polar surface area (TPSA) is 77.6 Å². The summed E-state index contributed by atoms with van der Waals surface area (Å²) in [4.78, 5) is 16.9. The van der Waals surface area contributed by atoms with Crippen LogP contribution in [0, 0.1) is 0 Å². The van der Waals surface area contributed by atoms with Crippen LogP contribution in [0.25, 0.3) is 22.4 Å². The summed E-state index contributed by atoms with van der Waals surface area (Å²) in [6, 6.07) is 15.5. The molecular weight excluding hydrogens is 384 g/mol. The smallest absolute Gasteiger partial charge is 0.237 e. The molecule has 8 heteroatoms. The van der Waals surface area contributed by atoms with Crippen molar-refractivity contribution >= 4 is 34.4 Å². The number of nitrogens with one attached hydrogen (secondary N) is 1. The van der Waals surface area contributed by atoms with Gasteiger partial charge in [0.25, 0.3) is 0 Å². The van der Waals surface area contributed by atoms with Crippen molar-refractivity contribution in [3.63, 3.8) is 0 Å². The number of imidazole rings is 1. The standard InChI is InChI=1S/C21H22N6OS/c1-4-27-19(15-10-11-17-18(12-15)26(3)13-22-17)24-25-21(27)29-14(2)20(28)23-16-8-6-5-7-9-16/h5-14H,4H2,1-3H3,(H,23,28). The molecular formula is C21H22N6OS. The molecule has 7 nitrogen and oxygen atoms in total. The summed E-state index contributed by atoms with van der Waals surface area (Å²) in [7, 11) is 1.97. The Morgan fingerprint density at radius 1 is 1.17 bits per heavy atom. The maximum Gasteiger partial charge on any atom is 0.237 e. The molecule has 29 heavy (non-hydrogen) atoms. The van der Waals surface area contributed by atoms with Crippen molar-refractivity contribution in [2.45, 2.75) is 30.8 Å². The van der Waals surface area contributed by atoms with Crippen molar-refractivity contribution in [2.24, 2.45) is 7.05 Å². The highest BCUT2D eigenvalue weighted by Gasteiger charge is 2.20. The van der Waals surface area contributed by atoms with E-state index in [-0.39, 0.29) is 11.2 Å². The van der Waals surface area contributed by atoms with Gasteiger partial charge < -0.3 is 14.5 Å². The number of amides is 1. The number of hydrogen-bond acceptors (Lipinski definition) is 5. The Morgan fingerprint density at radius 2 is 1.97 bits per heavy atom. The molecule has 0 saturated carbocycles. The second kappa shape index (κ2) is 8.08. The lowest BCUT2D eigenvalue weighted by Crippen LogP contribution is -2.22. The van der Waals surface area contributed by atoms with Crippen molar-refractivity contribution in [2.75, 3.05) is 5.32 Å². The largest absolute Gasteiger partial charge is 0.334 e. The zero-order valence-corrected chi connectivity index (χ0v) is 17.3. The Morgan fingerprint density at radius 3 is 2.72 bits per heavy atom. The Balaban J connectivity index is 1.56. The molecule has 0 aliphatic carbocycles. The number of nitrogens with zero attached hydrogens (tertiary/aromatic N) is 5. The third-order valence-electron chi connectivity index (χ3n) is 4.71. The highest BCUT2D eigenvalue weighted by molar-refractivity contribution is 8.00. The molecule has 1 amide bonds. The minimum Gasteiger partial charge on any atom is -0.334 e. The van der Waals surface area contributed by atoms with Crippen LogP contribution in [0.2, 0.25) is 0 Å². The van der Waals surface area contributed by atoms with Gasteiger partial charge in [-0.3, -0.25) is 4.79 Å². The fourth-order valence-electron chi connectivity index (χ4n) is 3.12. The Labute approximate surface area is 173 Å². The molecule has 0 spiro atoms. The van der Waals surface area contributed by atoms with Crippen molar-refractivity contribution in [1.29, 1.82) is 0 Å². The van der Waals surface area contributed by atoms with Crippen molar-refractivity contribution in [3.8, 4) is 11.4 Å². The highest BCUT2D eigenvalue weighted by atomic mass is 32.2. The molecule has 2 heterocycles. The summed E-state index contributed by atoms with van der Waals surface area (Å²) in [6.07, 6.45) is 1.80. The normalized spacial score (nSPS) is 12.2. The van der Waals surface area contributed by atoms with Crippen LogP contribution in [0.3, 0.4) is 0 Å². The second-order valence-electron chi connectivity index (χ2n) is 6.72. The molecule has 0 aliphatic rings. The van der Waals surface area contributed by atoms with E-state index in [1.165, 1.54) is 11.8 Å². The maximum absolute atomic E-state index is 12.5. The van der Waals surface area contributed by atoms with Crippen molar-refractivity contribution in [3.05, 3.63) is 54.9 Å². The summed E-state index contributed by atoms with van der Waals surface area (Å²) in [5.41, 5.74) is 3.74. The van der Waals surface area contributed by atoms with Gasteiger partial charge in [-0.1, -0.05) is 30.0 Å². The van der Waals surface area contributed by atoms with E-state index in [1.54, 1.807) is 6.33 Å². The highest BCUT2D eigenvalue weighted by Crippen LogP contribution is 2.28. The number of rotatable bonds is 6. The van der Waals surface area contributed by atoms with E-state index in [1.807, 2.05) is 72.5 Å². The van der Waals surface area contributed by atoms with Crippen molar-refractivity contribution in [1.82, 2.24) is 24.3 Å². The van der Waals surface area contributed by atoms with Crippen LogP contribution in [0.5, 0.6) is 0 Å². The molecule has 0 saturated heterocycles. The lowest BCUT2D eigenvalue weighted by Gasteiger charge is -2.13. The second-order valence-corrected chi connectivity index (χ2v) is 8.03. The van der Waals surface area contributed by atoms with E-state index in [0.29, 0.717) is 6.54 Å². The molecule has 4 rings (SSSR count). The Hall–Kier alpha value is -3.13. The molecule has 1 unspecified atom stereocenters. The summed E-state index contributed by atoms with van der Waals surface area (Å²) >= 11 is 1.41. The van der Waals surface area contributed by atoms with Crippen LogP contribution < -0.4 is 5.32 Å². The Bertz CT molecular complexity index is 1150. The molecule has 0 bridgehead atoms. The summed E-state index contributed by atoms with van der Waals surface area (Å²) in [6.45, 7) is 4.63. The molecule has 148 valence electrons. The van der Waals surface area contributed by atoms with Crippen LogP contribution in [0.15, 0.2) is 60.0 Å². The lowest BCUT2D eigenvalue weighted by molar-refractivity contribution is -0.115. The number of fused-ring (bicyclic) bond motifs is 1. The summed E-state index contributed by atoms with van der Waals surface area (Å²) < 4.78 is 4.02. The van der Waals surface area contributed by atoms with Gasteiger partial charge in [0.05, 0.1) is 22.6 Å². The van der Waals surface area contributed by atoms with E-state index in [0.717, 1.165) is 33.3 Å². The number of aromatic nitrogens is 5. The average Bonchev–Trinajstić information content (AvgIpc) is 3.31. The first-order valence-corrected chi connectivity index (χ1v) is 10.3. The molecule has 0 radical (unpaired) electrons. The van der Waals surface area contributed by atoms with Gasteiger partial charge in [-0.25, -0.2) is 4.98 Å². The number of aryl methyl sites for hydroxylation is 1. The van der Waals surface area contributed by atoms with Crippen LogP contribution in [0.4, 0.5) is 5.69 Å². The van der Waals surface area contributed by atoms with Gasteiger partial charge in [0.2, 0.25) is 5.91 Å². The van der Waals surface area contributed by atoms with Crippen LogP contribution >= 0.6 is 11.8 Å². The number of hydrogen-bond donors (Lipinski definition) is 1. The number of carbonyl (C=O) groups excluding carboxylic acids is 1. The quantitative estimate of drug-likeness (QED) is 0.490. The van der Waals surface area contributed by atoms with E-state index in [9.17, 15) is 4.79 Å². The molecule has 2 aromatic carbocycles. The minimum atomic E-state index is -0.308. The van der Waals surface area contributed by atoms with Crippen LogP contribution in [-0.2, 0) is 18.4 Å². The first kappa shape index (κ1) is 19.2. The average molecular weight is 407 g/mol. The van der Waals surface area contributed by atoms with Gasteiger partial charge in [-0.05, 0) is 44.2 Å². The zero-order valence-electron chi connectivity index (χ0n) is 16.5. The molecule has 0 fully saturated rings. The predicted molar refractivity (Wildman–Crippen MR) is 116 cm³/mol. The van der Waals surface area contributed by atoms with E-state index in [4.69, 9.17) is 0 Å². The maximum atomic E-state index is 12.5. The van der Waals surface area contributed by atoms with Crippen LogP contribution in [-0.4, -0.2) is 35.5 Å². The van der Waals surface area contributed by atoms with E-state index >= 15 is 0 Å². The fraction of sp³-hybridized carbons (Fsp3) is 0.238. The lowest BCUT2D eigenvalue weighted by atomic mass is 10.2. The number of benzene rings is 2. The van der Waals surface area contributed by atoms with Gasteiger partial charge in [0.1, 0.15) is 0 Å². The number of anilines is 1. The molecule has 2 aromatic heterocycles. The van der Waals surface area contributed by atoms with E-state index < -0.39 is 0 Å². The van der Waals surface area contributed by atoms with Gasteiger partial charge in [0.15, 0.2) is 11.0 Å². The molecule has 1 N–H and O–H groups in total. The molecule has 0 aliphatic heterocycles. The number of thioether (sulfide) groups is 1. The van der Waals surface area contributed by atoms with Gasteiger partial charge in [-0.2, -0.15) is 0 Å². The van der Waals surface area contributed by atoms with Gasteiger partial charge >= 0.3 is 0 Å². The minimum absolute atomic E-state index is 0.0651. The number of para-hydroxylation sites is 1. The first-order chi connectivity index (χ1) is 14.1. The third-order valence-corrected chi connectivity index (χ3v) is 5.79. The van der Waals surface area contributed by atoms with Gasteiger partial charge in [-0.15, -0.1) is 10.2 Å². The van der Waals surface area contributed by atoms with E-state index in [2.05, 4.69) is 26.6 Å². The van der Waals surface area contributed by atoms with Crippen LogP contribution in [0.1, 0.15) is 13.8 Å². The zero-order chi connectivity index (χ0) is 20.4. The SMILES string of the molecule is CCn1c(SC(C)C(=O)Nc2ccccc2)nnc1-c1ccc2ncn(C)c2c1. The Kier molecular flexibility index (Phi) is 5.35. The fourth-order valence-corrected chi connectivity index (χ4v) is 4.03. The predicted octanol–water partition coefficient (Wildman–Crippen LogP) is 3.97. The van der Waals surface area contributed by atoms with Crippen molar-refractivity contribution < 1.29 is 4.79 Å².